The van der Waals surface area contributed by atoms with E-state index in [2.05, 4.69) is 5.32 Å². The number of Topliss-reactive ketones (excluding diaryl/α,β-unsaturated/α-hetero) is 1. The lowest BCUT2D eigenvalue weighted by Gasteiger charge is -2.15. The molecule has 3 heteroatoms. The average molecular weight is 281 g/mol. The van der Waals surface area contributed by atoms with Crippen LogP contribution >= 0.6 is 0 Å². The van der Waals surface area contributed by atoms with Crippen molar-refractivity contribution in [2.45, 2.75) is 26.2 Å². The molecule has 2 rings (SSSR count). The molecule has 1 aliphatic rings. The molecular formula is C18H19NO2. The van der Waals surface area contributed by atoms with E-state index in [0.29, 0.717) is 17.7 Å². The highest BCUT2D eigenvalue weighted by atomic mass is 16.1. The van der Waals surface area contributed by atoms with Gasteiger partial charge in [0.1, 0.15) is 0 Å². The highest BCUT2D eigenvalue weighted by Crippen LogP contribution is 2.18. The number of carbonyl (C=O) groups is 2. The first-order valence-electron chi connectivity index (χ1n) is 7.18. The molecule has 3 nitrogen and oxygen atoms in total. The molecule has 0 unspecified atom stereocenters. The lowest BCUT2D eigenvalue weighted by Crippen LogP contribution is -2.25. The smallest absolute Gasteiger partial charge is 0.248 e. The molecule has 1 amide bonds. The van der Waals surface area contributed by atoms with E-state index < -0.39 is 0 Å². The number of hydrogen-bond acceptors (Lipinski definition) is 2. The summed E-state index contributed by atoms with van der Waals surface area (Å²) in [7, 11) is 0. The SMILES string of the molecule is CCC(=O)C1=CCCC=C1NC(=O)/C=C/c1ccccc1. The van der Waals surface area contributed by atoms with E-state index in [1.165, 1.54) is 6.08 Å². The standard InChI is InChI=1S/C18H19NO2/c1-2-17(20)15-10-6-7-11-16(15)19-18(21)13-12-14-8-4-3-5-9-14/h3-5,8-13H,2,6-7H2,1H3,(H,19,21)/b13-12+. The average Bonchev–Trinajstić information content (AvgIpc) is 2.54. The van der Waals surface area contributed by atoms with Crippen molar-refractivity contribution in [2.24, 2.45) is 0 Å². The third kappa shape index (κ3) is 4.28. The molecule has 1 N–H and O–H groups in total. The fourth-order valence-electron chi connectivity index (χ4n) is 2.16. The van der Waals surface area contributed by atoms with E-state index in [1.807, 2.05) is 49.4 Å². The van der Waals surface area contributed by atoms with Gasteiger partial charge in [0.15, 0.2) is 5.78 Å². The largest absolute Gasteiger partial charge is 0.322 e. The molecule has 0 bridgehead atoms. The highest BCUT2D eigenvalue weighted by molar-refractivity contribution is 6.02. The van der Waals surface area contributed by atoms with Crippen LogP contribution in [0.1, 0.15) is 31.7 Å². The zero-order valence-corrected chi connectivity index (χ0v) is 12.1. The number of hydrogen-bond donors (Lipinski definition) is 1. The van der Waals surface area contributed by atoms with Crippen molar-refractivity contribution in [3.63, 3.8) is 0 Å². The predicted octanol–water partition coefficient (Wildman–Crippen LogP) is 3.40. The van der Waals surface area contributed by atoms with Gasteiger partial charge in [0, 0.05) is 23.8 Å². The lowest BCUT2D eigenvalue weighted by atomic mass is 9.98. The number of amides is 1. The third-order valence-corrected chi connectivity index (χ3v) is 3.26. The van der Waals surface area contributed by atoms with Gasteiger partial charge in [-0.3, -0.25) is 9.59 Å². The van der Waals surface area contributed by atoms with Crippen LogP contribution in [0.2, 0.25) is 0 Å². The van der Waals surface area contributed by atoms with Crippen LogP contribution in [-0.4, -0.2) is 11.7 Å². The number of allylic oxidation sites excluding steroid dienone is 3. The van der Waals surface area contributed by atoms with E-state index >= 15 is 0 Å². The summed E-state index contributed by atoms with van der Waals surface area (Å²) in [5, 5.41) is 2.80. The van der Waals surface area contributed by atoms with Crippen LogP contribution in [0.3, 0.4) is 0 Å². The number of rotatable bonds is 5. The molecule has 1 aliphatic carbocycles. The van der Waals surface area contributed by atoms with Crippen molar-refractivity contribution in [3.8, 4) is 0 Å². The Morgan fingerprint density at radius 3 is 2.57 bits per heavy atom. The molecule has 0 saturated carbocycles. The Hall–Kier alpha value is -2.42. The van der Waals surface area contributed by atoms with Gasteiger partial charge < -0.3 is 5.32 Å². The van der Waals surface area contributed by atoms with Gasteiger partial charge in [0.05, 0.1) is 0 Å². The minimum absolute atomic E-state index is 0.0632. The summed E-state index contributed by atoms with van der Waals surface area (Å²) in [6.45, 7) is 1.83. The normalized spacial score (nSPS) is 14.5. The van der Waals surface area contributed by atoms with Gasteiger partial charge in [-0.15, -0.1) is 0 Å². The van der Waals surface area contributed by atoms with Crippen LogP contribution in [0.25, 0.3) is 6.08 Å². The van der Waals surface area contributed by atoms with Crippen LogP contribution in [0.4, 0.5) is 0 Å². The van der Waals surface area contributed by atoms with Crippen LogP contribution in [0.5, 0.6) is 0 Å². The second-order valence-electron chi connectivity index (χ2n) is 4.82. The van der Waals surface area contributed by atoms with Gasteiger partial charge in [-0.25, -0.2) is 0 Å². The predicted molar refractivity (Wildman–Crippen MR) is 84.3 cm³/mol. The molecule has 0 heterocycles. The van der Waals surface area contributed by atoms with E-state index in [9.17, 15) is 9.59 Å². The van der Waals surface area contributed by atoms with Crippen molar-refractivity contribution in [2.75, 3.05) is 0 Å². The van der Waals surface area contributed by atoms with Crippen LogP contribution in [0.15, 0.2) is 59.8 Å². The Labute approximate surface area is 125 Å². The highest BCUT2D eigenvalue weighted by Gasteiger charge is 2.16. The van der Waals surface area contributed by atoms with Gasteiger partial charge in [-0.1, -0.05) is 49.4 Å². The topological polar surface area (TPSA) is 46.2 Å². The zero-order valence-electron chi connectivity index (χ0n) is 12.1. The minimum atomic E-state index is -0.221. The van der Waals surface area contributed by atoms with Crippen molar-refractivity contribution in [1.82, 2.24) is 5.32 Å². The summed E-state index contributed by atoms with van der Waals surface area (Å²) >= 11 is 0. The Kier molecular flexibility index (Phi) is 5.27. The molecule has 0 spiro atoms. The van der Waals surface area contributed by atoms with E-state index in [-0.39, 0.29) is 11.7 Å². The molecule has 108 valence electrons. The first kappa shape index (κ1) is 15.0. The van der Waals surface area contributed by atoms with Gasteiger partial charge in [0.2, 0.25) is 5.91 Å². The summed E-state index contributed by atoms with van der Waals surface area (Å²) < 4.78 is 0. The van der Waals surface area contributed by atoms with E-state index in [4.69, 9.17) is 0 Å². The summed E-state index contributed by atoms with van der Waals surface area (Å²) in [5.41, 5.74) is 2.23. The van der Waals surface area contributed by atoms with Gasteiger partial charge in [-0.2, -0.15) is 0 Å². The van der Waals surface area contributed by atoms with E-state index in [0.717, 1.165) is 18.4 Å². The molecule has 0 atom stereocenters. The molecule has 1 aromatic rings. The van der Waals surface area contributed by atoms with Crippen molar-refractivity contribution < 1.29 is 9.59 Å². The molecule has 1 aromatic carbocycles. The first-order chi connectivity index (χ1) is 10.2. The van der Waals surface area contributed by atoms with Gasteiger partial charge in [0.25, 0.3) is 0 Å². The van der Waals surface area contributed by atoms with Crippen molar-refractivity contribution >= 4 is 17.8 Å². The molecular weight excluding hydrogens is 262 g/mol. The zero-order chi connectivity index (χ0) is 15.1. The quantitative estimate of drug-likeness (QED) is 0.841. The fourth-order valence-corrected chi connectivity index (χ4v) is 2.16. The van der Waals surface area contributed by atoms with Crippen molar-refractivity contribution in [3.05, 3.63) is 65.4 Å². The van der Waals surface area contributed by atoms with E-state index in [1.54, 1.807) is 6.08 Å². The van der Waals surface area contributed by atoms with Crippen LogP contribution < -0.4 is 5.32 Å². The molecule has 0 fully saturated rings. The fraction of sp³-hybridized carbons (Fsp3) is 0.222. The monoisotopic (exact) mass is 281 g/mol. The maximum absolute atomic E-state index is 12.0. The third-order valence-electron chi connectivity index (χ3n) is 3.26. The Balaban J connectivity index is 2.02. The maximum atomic E-state index is 12.0. The Morgan fingerprint density at radius 1 is 1.14 bits per heavy atom. The first-order valence-corrected chi connectivity index (χ1v) is 7.18. The summed E-state index contributed by atoms with van der Waals surface area (Å²) in [6.07, 6.45) is 9.19. The summed E-state index contributed by atoms with van der Waals surface area (Å²) in [5.74, 6) is -0.157. The maximum Gasteiger partial charge on any atom is 0.248 e. The Morgan fingerprint density at radius 2 is 1.86 bits per heavy atom. The molecule has 0 saturated heterocycles. The second-order valence-corrected chi connectivity index (χ2v) is 4.82. The lowest BCUT2D eigenvalue weighted by molar-refractivity contribution is -0.115. The second kappa shape index (κ2) is 7.39. The number of benzene rings is 1. The summed E-state index contributed by atoms with van der Waals surface area (Å²) in [6, 6.07) is 9.62. The van der Waals surface area contributed by atoms with Crippen molar-refractivity contribution in [1.29, 1.82) is 0 Å². The minimum Gasteiger partial charge on any atom is -0.322 e. The van der Waals surface area contributed by atoms with Crippen LogP contribution in [0, 0.1) is 0 Å². The molecule has 21 heavy (non-hydrogen) atoms. The number of nitrogens with one attached hydrogen (secondary N) is 1. The summed E-state index contributed by atoms with van der Waals surface area (Å²) in [4.78, 5) is 23.8. The molecule has 0 aliphatic heterocycles. The molecule has 0 aromatic heterocycles. The molecule has 0 radical (unpaired) electrons. The Bertz CT molecular complexity index is 609. The number of ketones is 1. The van der Waals surface area contributed by atoms with Crippen LogP contribution in [-0.2, 0) is 9.59 Å². The van der Waals surface area contributed by atoms with Gasteiger partial charge >= 0.3 is 0 Å². The van der Waals surface area contributed by atoms with Gasteiger partial charge in [-0.05, 0) is 24.5 Å². The number of carbonyl (C=O) groups excluding carboxylic acids is 2.